The second-order valence-electron chi connectivity index (χ2n) is 7.31. The minimum absolute atomic E-state index is 0.145. The van der Waals surface area contributed by atoms with Crippen LogP contribution in [0.2, 0.25) is 0 Å². The van der Waals surface area contributed by atoms with E-state index < -0.39 is 0 Å². The number of hydrogen-bond acceptors (Lipinski definition) is 3. The van der Waals surface area contributed by atoms with Gasteiger partial charge in [0.15, 0.2) is 0 Å². The van der Waals surface area contributed by atoms with Crippen molar-refractivity contribution in [1.29, 1.82) is 0 Å². The molecular weight excluding hydrogens is 371 g/mol. The first-order valence-corrected chi connectivity index (χ1v) is 10.1. The zero-order chi connectivity index (χ0) is 20.6. The smallest absolute Gasteiger partial charge is 0.409 e. The van der Waals surface area contributed by atoms with Crippen LogP contribution in [0, 0.1) is 11.7 Å². The molecule has 3 rings (SSSR count). The number of hydrogen-bond donors (Lipinski definition) is 1. The van der Waals surface area contributed by atoms with Crippen LogP contribution in [-0.2, 0) is 4.74 Å². The minimum Gasteiger partial charge on any atom is -0.450 e. The third-order valence-corrected chi connectivity index (χ3v) is 5.32. The van der Waals surface area contributed by atoms with Gasteiger partial charge in [-0.15, -0.1) is 0 Å². The molecule has 2 aromatic rings. The molecule has 0 saturated carbocycles. The lowest BCUT2D eigenvalue weighted by Crippen LogP contribution is -2.40. The Labute approximate surface area is 170 Å². The van der Waals surface area contributed by atoms with E-state index in [9.17, 15) is 14.0 Å². The summed E-state index contributed by atoms with van der Waals surface area (Å²) in [4.78, 5) is 26.3. The van der Waals surface area contributed by atoms with Crippen LogP contribution in [0.5, 0.6) is 0 Å². The summed E-state index contributed by atoms with van der Waals surface area (Å²) in [6.45, 7) is 3.51. The number of nitrogens with zero attached hydrogens (tertiary/aromatic N) is 1. The van der Waals surface area contributed by atoms with Gasteiger partial charge in [-0.2, -0.15) is 0 Å². The average molecular weight is 398 g/mol. The van der Waals surface area contributed by atoms with Gasteiger partial charge in [-0.3, -0.25) is 4.79 Å². The standard InChI is InChI=1S/C23H27FN2O3/c1-2-29-23(28)26-14-12-17(13-15-26)16-21(18-6-4-3-5-7-18)25-22(27)19-8-10-20(24)11-9-19/h3-11,17,21H,2,12-16H2,1H3,(H,25,27). The van der Waals surface area contributed by atoms with Gasteiger partial charge in [0.2, 0.25) is 0 Å². The van der Waals surface area contributed by atoms with Gasteiger partial charge in [0.1, 0.15) is 5.82 Å². The summed E-state index contributed by atoms with van der Waals surface area (Å²) in [5.41, 5.74) is 1.47. The number of carbonyl (C=O) groups excluding carboxylic acids is 2. The van der Waals surface area contributed by atoms with Crippen molar-refractivity contribution in [3.63, 3.8) is 0 Å². The predicted octanol–water partition coefficient (Wildman–Crippen LogP) is 4.56. The Kier molecular flexibility index (Phi) is 7.22. The van der Waals surface area contributed by atoms with Gasteiger partial charge < -0.3 is 15.0 Å². The molecule has 1 aliphatic heterocycles. The normalized spacial score (nSPS) is 15.6. The lowest BCUT2D eigenvalue weighted by atomic mass is 9.87. The van der Waals surface area contributed by atoms with Gasteiger partial charge in [-0.05, 0) is 61.9 Å². The van der Waals surface area contributed by atoms with Gasteiger partial charge in [0, 0.05) is 18.7 Å². The van der Waals surface area contributed by atoms with Crippen molar-refractivity contribution >= 4 is 12.0 Å². The van der Waals surface area contributed by atoms with Crippen molar-refractivity contribution in [1.82, 2.24) is 10.2 Å². The first kappa shape index (κ1) is 20.8. The minimum atomic E-state index is -0.366. The van der Waals surface area contributed by atoms with Gasteiger partial charge in [0.05, 0.1) is 12.6 Å². The highest BCUT2D eigenvalue weighted by atomic mass is 19.1. The molecule has 0 aliphatic carbocycles. The average Bonchev–Trinajstić information content (AvgIpc) is 2.75. The van der Waals surface area contributed by atoms with E-state index in [4.69, 9.17) is 4.74 Å². The van der Waals surface area contributed by atoms with Crippen LogP contribution in [0.3, 0.4) is 0 Å². The summed E-state index contributed by atoms with van der Waals surface area (Å²) < 4.78 is 18.2. The lowest BCUT2D eigenvalue weighted by Gasteiger charge is -2.33. The molecule has 2 amide bonds. The highest BCUT2D eigenvalue weighted by Gasteiger charge is 2.27. The number of carbonyl (C=O) groups is 2. The molecule has 5 nitrogen and oxygen atoms in total. The van der Waals surface area contributed by atoms with E-state index in [2.05, 4.69) is 5.32 Å². The van der Waals surface area contributed by atoms with E-state index >= 15 is 0 Å². The second-order valence-corrected chi connectivity index (χ2v) is 7.31. The molecule has 154 valence electrons. The quantitative estimate of drug-likeness (QED) is 0.776. The Balaban J connectivity index is 1.65. The van der Waals surface area contributed by atoms with Gasteiger partial charge in [-0.1, -0.05) is 30.3 Å². The van der Waals surface area contributed by atoms with E-state index in [1.807, 2.05) is 30.3 Å². The Morgan fingerprint density at radius 1 is 1.10 bits per heavy atom. The van der Waals surface area contributed by atoms with E-state index in [1.165, 1.54) is 24.3 Å². The van der Waals surface area contributed by atoms with Crippen molar-refractivity contribution in [2.45, 2.75) is 32.2 Å². The maximum absolute atomic E-state index is 13.2. The monoisotopic (exact) mass is 398 g/mol. The van der Waals surface area contributed by atoms with E-state index in [0.717, 1.165) is 24.8 Å². The van der Waals surface area contributed by atoms with Gasteiger partial charge >= 0.3 is 6.09 Å². The molecular formula is C23H27FN2O3. The van der Waals surface area contributed by atoms with E-state index in [0.29, 0.717) is 31.2 Å². The van der Waals surface area contributed by atoms with E-state index in [1.54, 1.807) is 11.8 Å². The van der Waals surface area contributed by atoms with Crippen molar-refractivity contribution in [3.05, 3.63) is 71.5 Å². The van der Waals surface area contributed by atoms with Gasteiger partial charge in [0.25, 0.3) is 5.91 Å². The molecule has 0 radical (unpaired) electrons. The summed E-state index contributed by atoms with van der Waals surface area (Å²) in [6.07, 6.45) is 2.27. The molecule has 0 aromatic heterocycles. The van der Waals surface area contributed by atoms with Crippen molar-refractivity contribution < 1.29 is 18.7 Å². The fraction of sp³-hybridized carbons (Fsp3) is 0.391. The van der Waals surface area contributed by atoms with E-state index in [-0.39, 0.29) is 23.9 Å². The fourth-order valence-electron chi connectivity index (χ4n) is 3.71. The Bertz CT molecular complexity index is 803. The third kappa shape index (κ3) is 5.79. The van der Waals surface area contributed by atoms with Crippen LogP contribution in [0.25, 0.3) is 0 Å². The summed E-state index contributed by atoms with van der Waals surface area (Å²) in [7, 11) is 0. The molecule has 0 spiro atoms. The molecule has 6 heteroatoms. The number of rotatable bonds is 6. The van der Waals surface area contributed by atoms with Crippen LogP contribution in [0.15, 0.2) is 54.6 Å². The number of benzene rings is 2. The molecule has 1 aliphatic rings. The Hall–Kier alpha value is -2.89. The summed E-state index contributed by atoms with van der Waals surface area (Å²) >= 11 is 0. The van der Waals surface area contributed by atoms with Crippen LogP contribution >= 0.6 is 0 Å². The zero-order valence-corrected chi connectivity index (χ0v) is 16.6. The first-order valence-electron chi connectivity index (χ1n) is 10.1. The summed E-state index contributed by atoms with van der Waals surface area (Å²) in [6, 6.07) is 15.3. The number of likely N-dealkylation sites (tertiary alicyclic amines) is 1. The molecule has 1 unspecified atom stereocenters. The number of ether oxygens (including phenoxy) is 1. The molecule has 1 heterocycles. The van der Waals surface area contributed by atoms with Crippen molar-refractivity contribution in [2.24, 2.45) is 5.92 Å². The highest BCUT2D eigenvalue weighted by Crippen LogP contribution is 2.29. The fourth-order valence-corrected chi connectivity index (χ4v) is 3.71. The molecule has 1 saturated heterocycles. The molecule has 2 aromatic carbocycles. The molecule has 1 fully saturated rings. The van der Waals surface area contributed by atoms with Crippen LogP contribution < -0.4 is 5.32 Å². The molecule has 1 N–H and O–H groups in total. The van der Waals surface area contributed by atoms with Crippen molar-refractivity contribution in [3.8, 4) is 0 Å². The SMILES string of the molecule is CCOC(=O)N1CCC(CC(NC(=O)c2ccc(F)cc2)c2ccccc2)CC1. The maximum atomic E-state index is 13.2. The largest absolute Gasteiger partial charge is 0.450 e. The Morgan fingerprint density at radius 3 is 2.38 bits per heavy atom. The van der Waals surface area contributed by atoms with Gasteiger partial charge in [-0.25, -0.2) is 9.18 Å². The van der Waals surface area contributed by atoms with Crippen molar-refractivity contribution in [2.75, 3.05) is 19.7 Å². The summed E-state index contributed by atoms with van der Waals surface area (Å²) in [5, 5.41) is 3.10. The third-order valence-electron chi connectivity index (χ3n) is 5.32. The first-order chi connectivity index (χ1) is 14.1. The number of piperidine rings is 1. The highest BCUT2D eigenvalue weighted by molar-refractivity contribution is 5.94. The molecule has 0 bridgehead atoms. The number of nitrogens with one attached hydrogen (secondary N) is 1. The lowest BCUT2D eigenvalue weighted by molar-refractivity contribution is 0.0874. The topological polar surface area (TPSA) is 58.6 Å². The number of halogens is 1. The second kappa shape index (κ2) is 10.0. The Morgan fingerprint density at radius 2 is 1.76 bits per heavy atom. The van der Waals surface area contributed by atoms with Crippen LogP contribution in [0.4, 0.5) is 9.18 Å². The van der Waals surface area contributed by atoms with Crippen LogP contribution in [0.1, 0.15) is 48.1 Å². The maximum Gasteiger partial charge on any atom is 0.409 e. The number of amides is 2. The zero-order valence-electron chi connectivity index (χ0n) is 16.6. The predicted molar refractivity (Wildman–Crippen MR) is 109 cm³/mol. The molecule has 29 heavy (non-hydrogen) atoms. The van der Waals surface area contributed by atoms with Crippen LogP contribution in [-0.4, -0.2) is 36.6 Å². The molecule has 1 atom stereocenters. The summed E-state index contributed by atoms with van der Waals surface area (Å²) in [5.74, 6) is -0.197.